The Labute approximate surface area is 151 Å². The molecule has 0 bridgehead atoms. The topological polar surface area (TPSA) is 89.8 Å². The number of ether oxygens (including phenoxy) is 2. The maximum Gasteiger partial charge on any atom is 0.343 e. The van der Waals surface area contributed by atoms with Crippen molar-refractivity contribution in [1.82, 2.24) is 14.6 Å². The van der Waals surface area contributed by atoms with Crippen LogP contribution < -0.4 is 15.4 Å². The number of anilines is 3. The lowest BCUT2D eigenvalue weighted by Crippen LogP contribution is -2.08. The smallest absolute Gasteiger partial charge is 0.343 e. The van der Waals surface area contributed by atoms with Crippen LogP contribution in [0.15, 0.2) is 36.5 Å². The zero-order valence-electron chi connectivity index (χ0n) is 14.9. The minimum Gasteiger partial charge on any atom is -0.492 e. The molecule has 3 aromatic rings. The lowest BCUT2D eigenvalue weighted by Gasteiger charge is -2.13. The lowest BCUT2D eigenvalue weighted by atomic mass is 10.3. The van der Waals surface area contributed by atoms with Crippen molar-refractivity contribution >= 4 is 28.9 Å². The number of carbonyl (C=O) groups is 1. The summed E-state index contributed by atoms with van der Waals surface area (Å²) in [6.07, 6.45) is 1.46. The third kappa shape index (κ3) is 3.39. The average Bonchev–Trinajstić information content (AvgIpc) is 3.07. The molecular weight excluding hydrogens is 334 g/mol. The zero-order chi connectivity index (χ0) is 18.5. The van der Waals surface area contributed by atoms with E-state index >= 15 is 0 Å². The van der Waals surface area contributed by atoms with Crippen LogP contribution in [0.1, 0.15) is 24.2 Å². The molecule has 0 saturated heterocycles. The van der Waals surface area contributed by atoms with Gasteiger partial charge in [0, 0.05) is 13.1 Å². The number of hydrogen-bond donors (Lipinski definition) is 2. The second-order valence-electron chi connectivity index (χ2n) is 5.34. The molecule has 8 nitrogen and oxygen atoms in total. The maximum atomic E-state index is 12.2. The first-order valence-corrected chi connectivity index (χ1v) is 8.40. The van der Waals surface area contributed by atoms with Gasteiger partial charge in [-0.25, -0.2) is 9.78 Å². The summed E-state index contributed by atoms with van der Waals surface area (Å²) in [5.41, 5.74) is 1.50. The van der Waals surface area contributed by atoms with Crippen LogP contribution in [0.3, 0.4) is 0 Å². The molecule has 2 heterocycles. The highest BCUT2D eigenvalue weighted by atomic mass is 16.5. The highest BCUT2D eigenvalue weighted by Crippen LogP contribution is 2.28. The third-order valence-electron chi connectivity index (χ3n) is 3.67. The van der Waals surface area contributed by atoms with Gasteiger partial charge in [0.2, 0.25) is 0 Å². The first kappa shape index (κ1) is 17.5. The molecule has 0 aliphatic carbocycles. The van der Waals surface area contributed by atoms with Crippen LogP contribution in [0.2, 0.25) is 0 Å². The van der Waals surface area contributed by atoms with Crippen molar-refractivity contribution in [2.75, 3.05) is 30.9 Å². The van der Waals surface area contributed by atoms with E-state index in [1.165, 1.54) is 6.20 Å². The van der Waals surface area contributed by atoms with Gasteiger partial charge in [0.1, 0.15) is 22.9 Å². The Morgan fingerprint density at radius 3 is 2.77 bits per heavy atom. The third-order valence-corrected chi connectivity index (χ3v) is 3.67. The van der Waals surface area contributed by atoms with E-state index < -0.39 is 5.97 Å². The second kappa shape index (κ2) is 7.73. The van der Waals surface area contributed by atoms with Gasteiger partial charge in [-0.3, -0.25) is 0 Å². The summed E-state index contributed by atoms with van der Waals surface area (Å²) >= 11 is 0. The molecule has 2 N–H and O–H groups in total. The molecule has 0 amide bonds. The van der Waals surface area contributed by atoms with E-state index in [2.05, 4.69) is 20.7 Å². The van der Waals surface area contributed by atoms with Gasteiger partial charge < -0.3 is 20.1 Å². The Balaban J connectivity index is 2.04. The summed E-state index contributed by atoms with van der Waals surface area (Å²) < 4.78 is 12.3. The first-order valence-electron chi connectivity index (χ1n) is 8.40. The Bertz CT molecular complexity index is 922. The fourth-order valence-electron chi connectivity index (χ4n) is 2.55. The van der Waals surface area contributed by atoms with E-state index in [9.17, 15) is 4.79 Å². The van der Waals surface area contributed by atoms with E-state index in [0.717, 1.165) is 11.4 Å². The molecule has 1 aromatic carbocycles. The van der Waals surface area contributed by atoms with E-state index in [4.69, 9.17) is 9.47 Å². The standard InChI is InChI=1S/C18H21N5O3/c1-4-25-14-9-7-6-8-13(14)21-15-10-16(19-3)23-17(22-15)12(11-20-23)18(24)26-5-2/h6-11,19H,4-5H2,1-3H3,(H,21,22). The predicted octanol–water partition coefficient (Wildman–Crippen LogP) is 3.09. The monoisotopic (exact) mass is 355 g/mol. The predicted molar refractivity (Wildman–Crippen MR) is 99.4 cm³/mol. The first-order chi connectivity index (χ1) is 12.7. The molecule has 2 aromatic heterocycles. The maximum absolute atomic E-state index is 12.2. The highest BCUT2D eigenvalue weighted by Gasteiger charge is 2.18. The summed E-state index contributed by atoms with van der Waals surface area (Å²) in [7, 11) is 1.78. The van der Waals surface area contributed by atoms with Crippen LogP contribution in [0.5, 0.6) is 5.75 Å². The zero-order valence-corrected chi connectivity index (χ0v) is 14.9. The molecular formula is C18H21N5O3. The number of carbonyl (C=O) groups excluding carboxylic acids is 1. The molecule has 0 spiro atoms. The average molecular weight is 355 g/mol. The van der Waals surface area contributed by atoms with Gasteiger partial charge in [-0.15, -0.1) is 0 Å². The van der Waals surface area contributed by atoms with Gasteiger partial charge in [-0.2, -0.15) is 9.61 Å². The molecule has 0 fully saturated rings. The molecule has 136 valence electrons. The van der Waals surface area contributed by atoms with Gasteiger partial charge in [0.25, 0.3) is 0 Å². The van der Waals surface area contributed by atoms with Crippen LogP contribution in [0, 0.1) is 0 Å². The van der Waals surface area contributed by atoms with Crippen LogP contribution in [-0.4, -0.2) is 40.8 Å². The summed E-state index contributed by atoms with van der Waals surface area (Å²) in [5.74, 6) is 1.51. The van der Waals surface area contributed by atoms with Crippen LogP contribution in [-0.2, 0) is 4.74 Å². The molecule has 0 radical (unpaired) electrons. The van der Waals surface area contributed by atoms with Crippen molar-refractivity contribution in [2.45, 2.75) is 13.8 Å². The van der Waals surface area contributed by atoms with Gasteiger partial charge in [-0.05, 0) is 26.0 Å². The van der Waals surface area contributed by atoms with Crippen molar-refractivity contribution in [3.63, 3.8) is 0 Å². The fraction of sp³-hybridized carbons (Fsp3) is 0.278. The van der Waals surface area contributed by atoms with Crippen molar-refractivity contribution in [3.8, 4) is 5.75 Å². The van der Waals surface area contributed by atoms with Crippen molar-refractivity contribution in [1.29, 1.82) is 0 Å². The number of nitrogens with one attached hydrogen (secondary N) is 2. The number of fused-ring (bicyclic) bond motifs is 1. The molecule has 0 unspecified atom stereocenters. The minimum absolute atomic E-state index is 0.286. The van der Waals surface area contributed by atoms with Crippen molar-refractivity contribution in [3.05, 3.63) is 42.1 Å². The second-order valence-corrected chi connectivity index (χ2v) is 5.34. The highest BCUT2D eigenvalue weighted by molar-refractivity contribution is 5.96. The Hall–Kier alpha value is -3.29. The van der Waals surface area contributed by atoms with E-state index in [0.29, 0.717) is 29.5 Å². The molecule has 0 aliphatic heterocycles. The van der Waals surface area contributed by atoms with Crippen molar-refractivity contribution < 1.29 is 14.3 Å². The molecule has 0 aliphatic rings. The van der Waals surface area contributed by atoms with Gasteiger partial charge >= 0.3 is 5.97 Å². The van der Waals surface area contributed by atoms with E-state index in [-0.39, 0.29) is 6.61 Å². The molecule has 0 atom stereocenters. The number of benzene rings is 1. The van der Waals surface area contributed by atoms with Gasteiger partial charge in [-0.1, -0.05) is 12.1 Å². The lowest BCUT2D eigenvalue weighted by molar-refractivity contribution is 0.0528. The molecule has 3 rings (SSSR count). The summed E-state index contributed by atoms with van der Waals surface area (Å²) in [6.45, 7) is 4.53. The number of para-hydroxylation sites is 2. The number of aromatic nitrogens is 3. The SMILES string of the molecule is CCOC(=O)c1cnn2c(NC)cc(Nc3ccccc3OCC)nc12. The van der Waals surface area contributed by atoms with Crippen LogP contribution >= 0.6 is 0 Å². The Morgan fingerprint density at radius 1 is 1.23 bits per heavy atom. The number of nitrogens with zero attached hydrogens (tertiary/aromatic N) is 3. The number of esters is 1. The van der Waals surface area contributed by atoms with Crippen LogP contribution in [0.4, 0.5) is 17.3 Å². The Morgan fingerprint density at radius 2 is 2.04 bits per heavy atom. The minimum atomic E-state index is -0.455. The fourth-order valence-corrected chi connectivity index (χ4v) is 2.55. The summed E-state index contributed by atoms with van der Waals surface area (Å²) in [6, 6.07) is 9.40. The Kier molecular flexibility index (Phi) is 5.21. The largest absolute Gasteiger partial charge is 0.492 e. The normalized spacial score (nSPS) is 10.6. The van der Waals surface area contributed by atoms with Crippen LogP contribution in [0.25, 0.3) is 5.65 Å². The van der Waals surface area contributed by atoms with Gasteiger partial charge in [0.05, 0.1) is 25.1 Å². The number of hydrogen-bond acceptors (Lipinski definition) is 7. The summed E-state index contributed by atoms with van der Waals surface area (Å²) in [4.78, 5) is 16.7. The number of rotatable bonds is 7. The summed E-state index contributed by atoms with van der Waals surface area (Å²) in [5, 5.41) is 10.5. The molecule has 26 heavy (non-hydrogen) atoms. The van der Waals surface area contributed by atoms with E-state index in [1.54, 1.807) is 24.6 Å². The molecule has 0 saturated carbocycles. The van der Waals surface area contributed by atoms with Gasteiger partial charge in [0.15, 0.2) is 5.65 Å². The van der Waals surface area contributed by atoms with E-state index in [1.807, 2.05) is 31.2 Å². The quantitative estimate of drug-likeness (QED) is 0.629. The van der Waals surface area contributed by atoms with Crippen molar-refractivity contribution in [2.24, 2.45) is 0 Å². The molecule has 8 heteroatoms.